The zero-order valence-electron chi connectivity index (χ0n) is 14.3. The van der Waals surface area contributed by atoms with Gasteiger partial charge in [-0.3, -0.25) is 4.79 Å². The van der Waals surface area contributed by atoms with Gasteiger partial charge in [0.2, 0.25) is 11.0 Å². The number of nitrogens with zero attached hydrogens (tertiary/aromatic N) is 2. The highest BCUT2D eigenvalue weighted by Crippen LogP contribution is 2.29. The molecule has 25 heavy (non-hydrogen) atoms. The SMILES string of the molecule is CC(C)c1nnc(NC(=O)CC(c2ccccc2)c2ccccc2)s1. The zero-order valence-corrected chi connectivity index (χ0v) is 15.2. The van der Waals surface area contributed by atoms with Gasteiger partial charge >= 0.3 is 0 Å². The molecule has 0 aliphatic heterocycles. The number of hydrogen-bond acceptors (Lipinski definition) is 4. The first-order chi connectivity index (χ1) is 12.1. The molecule has 1 aromatic heterocycles. The van der Waals surface area contributed by atoms with Crippen LogP contribution in [0.4, 0.5) is 5.13 Å². The van der Waals surface area contributed by atoms with Gasteiger partial charge in [0, 0.05) is 18.3 Å². The van der Waals surface area contributed by atoms with Gasteiger partial charge in [0.05, 0.1) is 0 Å². The molecule has 0 aliphatic carbocycles. The minimum atomic E-state index is -0.0517. The molecule has 1 heterocycles. The molecule has 1 amide bonds. The van der Waals surface area contributed by atoms with Crippen molar-refractivity contribution in [2.24, 2.45) is 0 Å². The second kappa shape index (κ2) is 8.03. The quantitative estimate of drug-likeness (QED) is 0.692. The van der Waals surface area contributed by atoms with Crippen LogP contribution >= 0.6 is 11.3 Å². The molecule has 5 heteroatoms. The van der Waals surface area contributed by atoms with Crippen LogP contribution in [-0.4, -0.2) is 16.1 Å². The fourth-order valence-electron chi connectivity index (χ4n) is 2.67. The maximum absolute atomic E-state index is 12.6. The van der Waals surface area contributed by atoms with Crippen LogP contribution in [0.3, 0.4) is 0 Å². The van der Waals surface area contributed by atoms with Crippen molar-refractivity contribution < 1.29 is 4.79 Å². The predicted octanol–water partition coefficient (Wildman–Crippen LogP) is 4.82. The summed E-state index contributed by atoms with van der Waals surface area (Å²) in [6, 6.07) is 20.2. The average Bonchev–Trinajstić information content (AvgIpc) is 3.10. The number of nitrogens with one attached hydrogen (secondary N) is 1. The van der Waals surface area contributed by atoms with Gasteiger partial charge in [-0.15, -0.1) is 10.2 Å². The van der Waals surface area contributed by atoms with Crippen LogP contribution in [0.25, 0.3) is 0 Å². The Balaban J connectivity index is 1.77. The van der Waals surface area contributed by atoms with E-state index in [1.165, 1.54) is 11.3 Å². The van der Waals surface area contributed by atoms with Crippen LogP contribution in [0.2, 0.25) is 0 Å². The summed E-state index contributed by atoms with van der Waals surface area (Å²) in [7, 11) is 0. The number of carbonyl (C=O) groups is 1. The van der Waals surface area contributed by atoms with Gasteiger partial charge in [0.15, 0.2) is 0 Å². The van der Waals surface area contributed by atoms with Crippen molar-refractivity contribution >= 4 is 22.4 Å². The molecule has 3 rings (SSSR count). The lowest BCUT2D eigenvalue weighted by Gasteiger charge is -2.17. The zero-order chi connectivity index (χ0) is 17.6. The highest BCUT2D eigenvalue weighted by atomic mass is 32.1. The van der Waals surface area contributed by atoms with Crippen molar-refractivity contribution in [2.75, 3.05) is 5.32 Å². The molecule has 0 atom stereocenters. The Bertz CT molecular complexity index is 776. The fourth-order valence-corrected chi connectivity index (χ4v) is 3.43. The molecule has 4 nitrogen and oxygen atoms in total. The maximum Gasteiger partial charge on any atom is 0.227 e. The normalized spacial score (nSPS) is 11.0. The summed E-state index contributed by atoms with van der Waals surface area (Å²) in [4.78, 5) is 12.6. The average molecular weight is 351 g/mol. The predicted molar refractivity (Wildman–Crippen MR) is 102 cm³/mol. The van der Waals surface area contributed by atoms with E-state index in [1.807, 2.05) is 36.4 Å². The van der Waals surface area contributed by atoms with Gasteiger partial charge in [-0.05, 0) is 11.1 Å². The number of anilines is 1. The molecule has 0 spiro atoms. The second-order valence-corrected chi connectivity index (χ2v) is 7.24. The Kier molecular flexibility index (Phi) is 5.56. The summed E-state index contributed by atoms with van der Waals surface area (Å²) in [5, 5.41) is 12.6. The van der Waals surface area contributed by atoms with Crippen LogP contribution < -0.4 is 5.32 Å². The summed E-state index contributed by atoms with van der Waals surface area (Å²) in [5.74, 6) is 0.272. The first kappa shape index (κ1) is 17.3. The van der Waals surface area contributed by atoms with E-state index in [0.29, 0.717) is 17.5 Å². The molecule has 1 N–H and O–H groups in total. The molecule has 0 saturated heterocycles. The van der Waals surface area contributed by atoms with E-state index in [1.54, 1.807) is 0 Å². The van der Waals surface area contributed by atoms with Crippen LogP contribution in [0.1, 0.15) is 48.2 Å². The molecular weight excluding hydrogens is 330 g/mol. The molecule has 0 saturated carbocycles. The number of carbonyl (C=O) groups excluding carboxylic acids is 1. The number of benzene rings is 2. The van der Waals surface area contributed by atoms with Crippen LogP contribution in [0.5, 0.6) is 0 Å². The monoisotopic (exact) mass is 351 g/mol. The first-order valence-corrected chi connectivity index (χ1v) is 9.18. The molecule has 128 valence electrons. The molecule has 0 fully saturated rings. The van der Waals surface area contributed by atoms with Crippen LogP contribution in [-0.2, 0) is 4.79 Å². The van der Waals surface area contributed by atoms with Crippen LogP contribution in [0, 0.1) is 0 Å². The minimum absolute atomic E-state index is 0.0138. The van der Waals surface area contributed by atoms with Gasteiger partial charge in [-0.2, -0.15) is 0 Å². The minimum Gasteiger partial charge on any atom is -0.300 e. The smallest absolute Gasteiger partial charge is 0.227 e. The van der Waals surface area contributed by atoms with E-state index in [-0.39, 0.29) is 11.8 Å². The molecule has 0 unspecified atom stereocenters. The van der Waals surface area contributed by atoms with Gasteiger partial charge in [-0.25, -0.2) is 0 Å². The molecule has 0 aliphatic rings. The molecule has 0 radical (unpaired) electrons. The van der Waals surface area contributed by atoms with Crippen molar-refractivity contribution in [1.82, 2.24) is 10.2 Å². The van der Waals surface area contributed by atoms with Gasteiger partial charge in [-0.1, -0.05) is 85.8 Å². The summed E-state index contributed by atoms with van der Waals surface area (Å²) < 4.78 is 0. The molecule has 0 bridgehead atoms. The maximum atomic E-state index is 12.6. The lowest BCUT2D eigenvalue weighted by atomic mass is 9.88. The van der Waals surface area contributed by atoms with Gasteiger partial charge < -0.3 is 5.32 Å². The standard InChI is InChI=1S/C20H21N3OS/c1-14(2)19-22-23-20(25-19)21-18(24)13-17(15-9-5-3-6-10-15)16-11-7-4-8-12-16/h3-12,14,17H,13H2,1-2H3,(H,21,23,24). The number of aromatic nitrogens is 2. The summed E-state index contributed by atoms with van der Waals surface area (Å²) >= 11 is 1.43. The molecule has 2 aromatic carbocycles. The Morgan fingerprint density at radius 1 is 0.960 bits per heavy atom. The molecular formula is C20H21N3OS. The Labute approximate surface area is 151 Å². The largest absolute Gasteiger partial charge is 0.300 e. The van der Waals surface area contributed by atoms with E-state index in [2.05, 4.69) is 53.6 Å². The van der Waals surface area contributed by atoms with Gasteiger partial charge in [0.25, 0.3) is 0 Å². The molecule has 3 aromatic rings. The van der Waals surface area contributed by atoms with E-state index < -0.39 is 0 Å². The lowest BCUT2D eigenvalue weighted by Crippen LogP contribution is -2.16. The van der Waals surface area contributed by atoms with Crippen molar-refractivity contribution in [1.29, 1.82) is 0 Å². The Hall–Kier alpha value is -2.53. The number of rotatable bonds is 6. The summed E-state index contributed by atoms with van der Waals surface area (Å²) in [5.41, 5.74) is 2.26. The number of amides is 1. The third-order valence-corrected chi connectivity index (χ3v) is 5.11. The summed E-state index contributed by atoms with van der Waals surface area (Å²) in [6.45, 7) is 4.12. The number of hydrogen-bond donors (Lipinski definition) is 1. The van der Waals surface area contributed by atoms with Crippen molar-refractivity contribution in [2.45, 2.75) is 32.1 Å². The highest BCUT2D eigenvalue weighted by molar-refractivity contribution is 7.15. The Morgan fingerprint density at radius 3 is 2.00 bits per heavy atom. The second-order valence-electron chi connectivity index (χ2n) is 6.23. The van der Waals surface area contributed by atoms with Crippen molar-refractivity contribution in [3.05, 3.63) is 76.8 Å². The third-order valence-electron chi connectivity index (χ3n) is 3.97. The first-order valence-electron chi connectivity index (χ1n) is 8.36. The van der Waals surface area contributed by atoms with E-state index in [4.69, 9.17) is 0 Å². The summed E-state index contributed by atoms with van der Waals surface area (Å²) in [6.07, 6.45) is 0.366. The van der Waals surface area contributed by atoms with Crippen LogP contribution in [0.15, 0.2) is 60.7 Å². The van der Waals surface area contributed by atoms with Crippen molar-refractivity contribution in [3.63, 3.8) is 0 Å². The van der Waals surface area contributed by atoms with E-state index in [9.17, 15) is 4.79 Å². The topological polar surface area (TPSA) is 54.9 Å². The Morgan fingerprint density at radius 2 is 1.52 bits per heavy atom. The van der Waals surface area contributed by atoms with Gasteiger partial charge in [0.1, 0.15) is 5.01 Å². The lowest BCUT2D eigenvalue weighted by molar-refractivity contribution is -0.116. The third kappa shape index (κ3) is 4.51. The van der Waals surface area contributed by atoms with Crippen molar-refractivity contribution in [3.8, 4) is 0 Å². The van der Waals surface area contributed by atoms with E-state index >= 15 is 0 Å². The van der Waals surface area contributed by atoms with E-state index in [0.717, 1.165) is 16.1 Å². The highest BCUT2D eigenvalue weighted by Gasteiger charge is 2.19. The fraction of sp³-hybridized carbons (Fsp3) is 0.250.